The SMILES string of the molecule is CC1(C)C=c2[nH]c3cc4c(cc3c2C(c2ccccc2)C1)-c1cc(-c2ccc3c(c2)C(C)(C)c2cc5c(cc2N3c2ccccc2)C(C)(C)c2ccccc2-5)ccc1C=4. The summed E-state index contributed by atoms with van der Waals surface area (Å²) < 4.78 is 0. The van der Waals surface area contributed by atoms with E-state index in [1.165, 1.54) is 111 Å². The number of rotatable bonds is 3. The molecule has 59 heavy (non-hydrogen) atoms. The van der Waals surface area contributed by atoms with Crippen molar-refractivity contribution in [3.63, 3.8) is 0 Å². The largest absolute Gasteiger partial charge is 0.355 e. The zero-order valence-corrected chi connectivity index (χ0v) is 34.7. The molecule has 1 atom stereocenters. The number of nitrogens with one attached hydrogen (secondary N) is 1. The second kappa shape index (κ2) is 11.9. The first-order valence-corrected chi connectivity index (χ1v) is 21.3. The van der Waals surface area contributed by atoms with Crippen LogP contribution in [-0.2, 0) is 10.8 Å². The molecule has 1 N–H and O–H groups in total. The Balaban J connectivity index is 0.999. The van der Waals surface area contributed by atoms with Crippen LogP contribution in [0.3, 0.4) is 0 Å². The van der Waals surface area contributed by atoms with Crippen LogP contribution in [-0.4, -0.2) is 4.98 Å². The Labute approximate surface area is 347 Å². The molecule has 2 nitrogen and oxygen atoms in total. The molecule has 3 aliphatic carbocycles. The molecule has 4 aliphatic rings. The summed E-state index contributed by atoms with van der Waals surface area (Å²) in [7, 11) is 0. The molecule has 0 fully saturated rings. The maximum Gasteiger partial charge on any atom is 0.0506 e. The first-order valence-electron chi connectivity index (χ1n) is 21.3. The zero-order chi connectivity index (χ0) is 40.0. The van der Waals surface area contributed by atoms with E-state index in [4.69, 9.17) is 0 Å². The van der Waals surface area contributed by atoms with Gasteiger partial charge in [0.05, 0.1) is 11.4 Å². The van der Waals surface area contributed by atoms with Crippen LogP contribution in [0.15, 0.2) is 146 Å². The van der Waals surface area contributed by atoms with Crippen molar-refractivity contribution in [3.05, 3.63) is 195 Å². The molecular formula is C57H48N2. The maximum absolute atomic E-state index is 3.87. The van der Waals surface area contributed by atoms with Gasteiger partial charge in [0.2, 0.25) is 0 Å². The fourth-order valence-electron chi connectivity index (χ4n) is 11.4. The number of hydrogen-bond donors (Lipinski definition) is 1. The Hall–Kier alpha value is -6.38. The predicted molar refractivity (Wildman–Crippen MR) is 248 cm³/mol. The van der Waals surface area contributed by atoms with Crippen molar-refractivity contribution in [1.29, 1.82) is 0 Å². The molecule has 2 heteroatoms. The number of benzene rings is 7. The van der Waals surface area contributed by atoms with E-state index in [2.05, 4.69) is 209 Å². The average molecular weight is 761 g/mol. The third kappa shape index (κ3) is 4.93. The van der Waals surface area contributed by atoms with Crippen molar-refractivity contribution in [2.75, 3.05) is 4.90 Å². The number of anilines is 3. The van der Waals surface area contributed by atoms with Gasteiger partial charge in [-0.2, -0.15) is 0 Å². The first kappa shape index (κ1) is 34.6. The second-order valence-corrected chi connectivity index (χ2v) is 19.3. The monoisotopic (exact) mass is 760 g/mol. The number of para-hydroxylation sites is 1. The fraction of sp³-hybridized carbons (Fsp3) is 0.193. The summed E-state index contributed by atoms with van der Waals surface area (Å²) >= 11 is 0. The molecule has 0 radical (unpaired) electrons. The van der Waals surface area contributed by atoms with E-state index in [-0.39, 0.29) is 16.2 Å². The van der Waals surface area contributed by atoms with Crippen molar-refractivity contribution >= 4 is 40.1 Å². The first-order chi connectivity index (χ1) is 28.5. The highest BCUT2D eigenvalue weighted by Crippen LogP contribution is 2.58. The number of aromatic amines is 1. The van der Waals surface area contributed by atoms with Gasteiger partial charge in [-0.25, -0.2) is 0 Å². The number of nitrogens with zero attached hydrogens (tertiary/aromatic N) is 1. The van der Waals surface area contributed by atoms with Gasteiger partial charge in [0.1, 0.15) is 0 Å². The standard InChI is InChI=1S/C57H48N2/c1-55(2)32-45(34-15-9-7-10-16-34)54-44-29-42-38(28-50(44)58-51(54)33-55)25-37-22-21-35(26-41(37)42)36-23-24-52-48(27-36)57(5,6)49-30-43-40-19-13-14-20-46(40)56(3,4)47(43)31-53(49)59(52)39-17-11-8-12-18-39/h7-31,33,45,58H,32H2,1-6H3. The summed E-state index contributed by atoms with van der Waals surface area (Å²) in [4.78, 5) is 6.38. The minimum atomic E-state index is -0.236. The van der Waals surface area contributed by atoms with Crippen LogP contribution in [0.5, 0.6) is 0 Å². The van der Waals surface area contributed by atoms with E-state index >= 15 is 0 Å². The quantitative estimate of drug-likeness (QED) is 0.190. The molecule has 0 amide bonds. The van der Waals surface area contributed by atoms with Crippen LogP contribution in [0, 0.1) is 5.41 Å². The molecule has 1 unspecified atom stereocenters. The van der Waals surface area contributed by atoms with Crippen LogP contribution in [0.4, 0.5) is 17.1 Å². The van der Waals surface area contributed by atoms with Gasteiger partial charge < -0.3 is 9.88 Å². The Morgan fingerprint density at radius 2 is 1.24 bits per heavy atom. The fourth-order valence-corrected chi connectivity index (χ4v) is 11.4. The topological polar surface area (TPSA) is 19.0 Å². The Bertz CT molecular complexity index is 3210. The Morgan fingerprint density at radius 3 is 2.05 bits per heavy atom. The smallest absolute Gasteiger partial charge is 0.0506 e. The lowest BCUT2D eigenvalue weighted by atomic mass is 9.71. The number of aromatic nitrogens is 1. The van der Waals surface area contributed by atoms with Crippen molar-refractivity contribution in [2.45, 2.75) is 64.7 Å². The van der Waals surface area contributed by atoms with Crippen molar-refractivity contribution < 1.29 is 0 Å². The van der Waals surface area contributed by atoms with Gasteiger partial charge in [-0.15, -0.1) is 0 Å². The molecule has 0 saturated heterocycles. The van der Waals surface area contributed by atoms with Crippen molar-refractivity contribution in [3.8, 4) is 33.4 Å². The lowest BCUT2D eigenvalue weighted by molar-refractivity contribution is 0.428. The van der Waals surface area contributed by atoms with Gasteiger partial charge >= 0.3 is 0 Å². The van der Waals surface area contributed by atoms with E-state index < -0.39 is 0 Å². The van der Waals surface area contributed by atoms with Gasteiger partial charge in [0.25, 0.3) is 0 Å². The van der Waals surface area contributed by atoms with Gasteiger partial charge in [-0.3, -0.25) is 0 Å². The van der Waals surface area contributed by atoms with E-state index in [1.807, 2.05) is 0 Å². The molecule has 2 heterocycles. The zero-order valence-electron chi connectivity index (χ0n) is 34.7. The van der Waals surface area contributed by atoms with Crippen molar-refractivity contribution in [2.24, 2.45) is 5.41 Å². The minimum Gasteiger partial charge on any atom is -0.355 e. The van der Waals surface area contributed by atoms with E-state index in [1.54, 1.807) is 0 Å². The predicted octanol–water partition coefficient (Wildman–Crippen LogP) is 13.4. The van der Waals surface area contributed by atoms with E-state index in [0.29, 0.717) is 5.92 Å². The second-order valence-electron chi connectivity index (χ2n) is 19.3. The van der Waals surface area contributed by atoms with Crippen LogP contribution in [0.25, 0.3) is 56.4 Å². The maximum atomic E-state index is 3.87. The van der Waals surface area contributed by atoms with Gasteiger partial charge in [0.15, 0.2) is 0 Å². The van der Waals surface area contributed by atoms with Crippen LogP contribution in [0.1, 0.15) is 92.8 Å². The molecule has 7 aromatic carbocycles. The van der Waals surface area contributed by atoms with Crippen LogP contribution < -0.4 is 15.5 Å². The summed E-state index contributed by atoms with van der Waals surface area (Å²) in [5, 5.41) is 3.92. The number of H-pyrrole nitrogens is 1. The number of hydrogen-bond acceptors (Lipinski definition) is 1. The summed E-state index contributed by atoms with van der Waals surface area (Å²) in [6, 6.07) is 55.3. The lowest BCUT2D eigenvalue weighted by Crippen LogP contribution is -2.31. The Morgan fingerprint density at radius 1 is 0.542 bits per heavy atom. The molecular weight excluding hydrogens is 713 g/mol. The van der Waals surface area contributed by atoms with E-state index in [0.717, 1.165) is 6.42 Å². The minimum absolute atomic E-state index is 0.0770. The molecule has 0 saturated carbocycles. The molecule has 286 valence electrons. The summed E-state index contributed by atoms with van der Waals surface area (Å²) in [5.41, 5.74) is 22.2. The molecule has 12 rings (SSSR count). The number of fused-ring (bicyclic) bond motifs is 11. The molecule has 0 spiro atoms. The third-order valence-corrected chi connectivity index (χ3v) is 14.4. The van der Waals surface area contributed by atoms with Crippen LogP contribution in [0.2, 0.25) is 0 Å². The normalized spacial score (nSPS) is 18.1. The molecule has 1 aliphatic heterocycles. The van der Waals surface area contributed by atoms with E-state index in [9.17, 15) is 0 Å². The van der Waals surface area contributed by atoms with Crippen LogP contribution >= 0.6 is 0 Å². The third-order valence-electron chi connectivity index (χ3n) is 14.4. The van der Waals surface area contributed by atoms with Gasteiger partial charge in [0, 0.05) is 38.7 Å². The highest BCUT2D eigenvalue weighted by molar-refractivity contribution is 5.96. The molecule has 1 aromatic heterocycles. The summed E-state index contributed by atoms with van der Waals surface area (Å²) in [6.45, 7) is 14.4. The molecule has 0 bridgehead atoms. The highest BCUT2D eigenvalue weighted by atomic mass is 15.2. The average Bonchev–Trinajstić information content (AvgIpc) is 3.85. The summed E-state index contributed by atoms with van der Waals surface area (Å²) in [5.74, 6) is 0.343. The van der Waals surface area contributed by atoms with Gasteiger partial charge in [-0.05, 0) is 150 Å². The highest BCUT2D eigenvalue weighted by Gasteiger charge is 2.42. The lowest BCUT2D eigenvalue weighted by Gasteiger charge is -2.43. The van der Waals surface area contributed by atoms with Gasteiger partial charge in [-0.1, -0.05) is 139 Å². The summed E-state index contributed by atoms with van der Waals surface area (Å²) in [6.07, 6.45) is 5.93. The Kier molecular flexibility index (Phi) is 6.96. The van der Waals surface area contributed by atoms with Crippen molar-refractivity contribution in [1.82, 2.24) is 4.98 Å². The molecule has 8 aromatic rings.